The Kier molecular flexibility index (Phi) is 3.51. The number of amides is 1. The van der Waals surface area contributed by atoms with E-state index in [1.54, 1.807) is 4.90 Å². The average molecular weight is 239 g/mol. The van der Waals surface area contributed by atoms with Crippen molar-refractivity contribution in [3.8, 4) is 0 Å². The van der Waals surface area contributed by atoms with Crippen LogP contribution in [0.15, 0.2) is 10.6 Å². The predicted molar refractivity (Wildman–Crippen MR) is 58.7 cm³/mol. The van der Waals surface area contributed by atoms with Gasteiger partial charge < -0.3 is 9.42 Å². The average Bonchev–Trinajstić information content (AvgIpc) is 2.97. The SMILES string of the molecule is C[C@@H](F)c1noc(/C=C/C(=O)N2CCCC2)n1. The third kappa shape index (κ3) is 2.89. The Bertz CT molecular complexity index is 422. The van der Waals surface area contributed by atoms with Crippen molar-refractivity contribution in [3.05, 3.63) is 17.8 Å². The highest BCUT2D eigenvalue weighted by molar-refractivity contribution is 5.91. The van der Waals surface area contributed by atoms with E-state index in [2.05, 4.69) is 10.1 Å². The first-order chi connectivity index (χ1) is 8.16. The number of rotatable bonds is 3. The predicted octanol–water partition coefficient (Wildman–Crippen LogP) is 1.74. The third-order valence-electron chi connectivity index (χ3n) is 2.60. The number of carbonyl (C=O) groups is 1. The lowest BCUT2D eigenvalue weighted by Gasteiger charge is -2.11. The monoisotopic (exact) mass is 239 g/mol. The molecule has 1 aliphatic rings. The highest BCUT2D eigenvalue weighted by atomic mass is 19.1. The maximum atomic E-state index is 12.8. The fraction of sp³-hybridized carbons (Fsp3) is 0.545. The maximum Gasteiger partial charge on any atom is 0.250 e. The molecule has 1 fully saturated rings. The van der Waals surface area contributed by atoms with Crippen molar-refractivity contribution in [2.75, 3.05) is 13.1 Å². The molecule has 1 aromatic heterocycles. The van der Waals surface area contributed by atoms with E-state index in [4.69, 9.17) is 4.52 Å². The van der Waals surface area contributed by atoms with E-state index in [1.165, 1.54) is 19.1 Å². The third-order valence-corrected chi connectivity index (χ3v) is 2.60. The van der Waals surface area contributed by atoms with Crippen LogP contribution in [0.2, 0.25) is 0 Å². The summed E-state index contributed by atoms with van der Waals surface area (Å²) in [5.41, 5.74) is 0. The zero-order valence-electron chi connectivity index (χ0n) is 9.60. The van der Waals surface area contributed by atoms with Crippen LogP contribution in [-0.2, 0) is 4.79 Å². The molecule has 0 aromatic carbocycles. The van der Waals surface area contributed by atoms with Crippen molar-refractivity contribution < 1.29 is 13.7 Å². The van der Waals surface area contributed by atoms with Crippen molar-refractivity contribution in [1.29, 1.82) is 0 Å². The molecule has 0 bridgehead atoms. The minimum Gasteiger partial charge on any atom is -0.339 e. The van der Waals surface area contributed by atoms with Gasteiger partial charge in [-0.3, -0.25) is 4.79 Å². The Labute approximate surface area is 98.3 Å². The molecule has 1 saturated heterocycles. The van der Waals surface area contributed by atoms with E-state index in [-0.39, 0.29) is 17.6 Å². The van der Waals surface area contributed by atoms with Crippen LogP contribution in [-0.4, -0.2) is 34.0 Å². The van der Waals surface area contributed by atoms with E-state index in [9.17, 15) is 9.18 Å². The molecule has 0 N–H and O–H groups in total. The standard InChI is InChI=1S/C11H14FN3O2/c1-8(12)11-13-9(17-14-11)4-5-10(16)15-6-2-3-7-15/h4-5,8H,2-3,6-7H2,1H3/b5-4+/t8-/m1/s1. The van der Waals surface area contributed by atoms with Crippen LogP contribution in [0.5, 0.6) is 0 Å². The number of nitrogens with zero attached hydrogens (tertiary/aromatic N) is 3. The number of carbonyl (C=O) groups excluding carboxylic acids is 1. The molecule has 0 unspecified atom stereocenters. The van der Waals surface area contributed by atoms with Gasteiger partial charge in [0.2, 0.25) is 11.7 Å². The summed E-state index contributed by atoms with van der Waals surface area (Å²) in [5.74, 6) is 0.0749. The zero-order chi connectivity index (χ0) is 12.3. The summed E-state index contributed by atoms with van der Waals surface area (Å²) in [4.78, 5) is 17.2. The second-order valence-corrected chi connectivity index (χ2v) is 3.97. The van der Waals surface area contributed by atoms with Gasteiger partial charge >= 0.3 is 0 Å². The largest absolute Gasteiger partial charge is 0.339 e. The molecule has 0 aliphatic carbocycles. The number of hydrogen-bond acceptors (Lipinski definition) is 4. The van der Waals surface area contributed by atoms with E-state index in [1.807, 2.05) is 0 Å². The van der Waals surface area contributed by atoms with Crippen LogP contribution in [0.4, 0.5) is 4.39 Å². The molecule has 1 aliphatic heterocycles. The van der Waals surface area contributed by atoms with E-state index < -0.39 is 6.17 Å². The van der Waals surface area contributed by atoms with Gasteiger partial charge in [-0.2, -0.15) is 4.98 Å². The lowest BCUT2D eigenvalue weighted by Crippen LogP contribution is -2.25. The van der Waals surface area contributed by atoms with Gasteiger partial charge in [0.05, 0.1) is 0 Å². The first-order valence-electron chi connectivity index (χ1n) is 5.61. The maximum absolute atomic E-state index is 12.8. The van der Waals surface area contributed by atoms with E-state index in [0.717, 1.165) is 25.9 Å². The molecule has 17 heavy (non-hydrogen) atoms. The van der Waals surface area contributed by atoms with Crippen molar-refractivity contribution in [2.45, 2.75) is 25.9 Å². The highest BCUT2D eigenvalue weighted by Crippen LogP contribution is 2.13. The molecule has 6 heteroatoms. The minimum atomic E-state index is -1.27. The van der Waals surface area contributed by atoms with Gasteiger partial charge in [-0.25, -0.2) is 4.39 Å². The van der Waals surface area contributed by atoms with Gasteiger partial charge in [-0.1, -0.05) is 5.16 Å². The summed E-state index contributed by atoms with van der Waals surface area (Å²) in [5, 5.41) is 3.45. The van der Waals surface area contributed by atoms with Crippen molar-refractivity contribution in [3.63, 3.8) is 0 Å². The summed E-state index contributed by atoms with van der Waals surface area (Å²) in [6.45, 7) is 2.91. The van der Waals surface area contributed by atoms with Crippen molar-refractivity contribution >= 4 is 12.0 Å². The topological polar surface area (TPSA) is 59.2 Å². The van der Waals surface area contributed by atoms with E-state index >= 15 is 0 Å². The van der Waals surface area contributed by atoms with Crippen LogP contribution in [0.3, 0.4) is 0 Å². The lowest BCUT2D eigenvalue weighted by atomic mass is 10.4. The van der Waals surface area contributed by atoms with Gasteiger partial charge in [-0.05, 0) is 19.8 Å². The molecule has 0 radical (unpaired) electrons. The highest BCUT2D eigenvalue weighted by Gasteiger charge is 2.16. The molecule has 1 aromatic rings. The molecule has 92 valence electrons. The molecule has 0 saturated carbocycles. The molecular formula is C11H14FN3O2. The molecular weight excluding hydrogens is 225 g/mol. The van der Waals surface area contributed by atoms with Crippen LogP contribution >= 0.6 is 0 Å². The van der Waals surface area contributed by atoms with Crippen molar-refractivity contribution in [2.24, 2.45) is 0 Å². The van der Waals surface area contributed by atoms with Crippen LogP contribution in [0.25, 0.3) is 6.08 Å². The second kappa shape index (κ2) is 5.07. The first-order valence-corrected chi connectivity index (χ1v) is 5.61. The number of aromatic nitrogens is 2. The van der Waals surface area contributed by atoms with Crippen LogP contribution in [0.1, 0.15) is 37.7 Å². The summed E-state index contributed by atoms with van der Waals surface area (Å²) in [7, 11) is 0. The van der Waals surface area contributed by atoms with E-state index in [0.29, 0.717) is 0 Å². The molecule has 1 atom stereocenters. The Balaban J connectivity index is 1.96. The van der Waals surface area contributed by atoms with Gasteiger partial charge in [0.1, 0.15) is 0 Å². The first kappa shape index (κ1) is 11.8. The summed E-state index contributed by atoms with van der Waals surface area (Å²) in [6.07, 6.45) is 3.62. The molecule has 2 rings (SSSR count). The molecule has 2 heterocycles. The quantitative estimate of drug-likeness (QED) is 0.754. The molecule has 0 spiro atoms. The smallest absolute Gasteiger partial charge is 0.250 e. The normalized spacial score (nSPS) is 17.9. The Hall–Kier alpha value is -1.72. The zero-order valence-corrected chi connectivity index (χ0v) is 9.60. The fourth-order valence-electron chi connectivity index (χ4n) is 1.66. The lowest BCUT2D eigenvalue weighted by molar-refractivity contribution is -0.124. The van der Waals surface area contributed by atoms with Crippen LogP contribution < -0.4 is 0 Å². The van der Waals surface area contributed by atoms with Crippen LogP contribution in [0, 0.1) is 0 Å². The number of halogens is 1. The van der Waals surface area contributed by atoms with Gasteiger partial charge in [-0.15, -0.1) is 0 Å². The Morgan fingerprint density at radius 1 is 1.53 bits per heavy atom. The minimum absolute atomic E-state index is 0.00160. The molecule has 5 nitrogen and oxygen atoms in total. The second-order valence-electron chi connectivity index (χ2n) is 3.97. The Morgan fingerprint density at radius 2 is 2.24 bits per heavy atom. The number of hydrogen-bond donors (Lipinski definition) is 0. The van der Waals surface area contributed by atoms with Gasteiger partial charge in [0.25, 0.3) is 5.89 Å². The number of likely N-dealkylation sites (tertiary alicyclic amines) is 1. The summed E-state index contributed by atoms with van der Waals surface area (Å²) in [6, 6.07) is 0. The van der Waals surface area contributed by atoms with Gasteiger partial charge in [0.15, 0.2) is 6.17 Å². The summed E-state index contributed by atoms with van der Waals surface area (Å²) < 4.78 is 17.6. The summed E-state index contributed by atoms with van der Waals surface area (Å²) >= 11 is 0. The molecule has 1 amide bonds. The number of alkyl halides is 1. The Morgan fingerprint density at radius 3 is 2.82 bits per heavy atom. The fourth-order valence-corrected chi connectivity index (χ4v) is 1.66. The van der Waals surface area contributed by atoms with Gasteiger partial charge in [0, 0.05) is 25.2 Å². The van der Waals surface area contributed by atoms with Crippen molar-refractivity contribution in [1.82, 2.24) is 15.0 Å².